The maximum atomic E-state index is 11.1. The molecule has 12 heavy (non-hydrogen) atoms. The van der Waals surface area contributed by atoms with Crippen molar-refractivity contribution in [3.05, 3.63) is 24.2 Å². The Bertz CT molecular complexity index is 262. The van der Waals surface area contributed by atoms with Crippen molar-refractivity contribution in [2.24, 2.45) is 5.92 Å². The first-order valence-corrected chi connectivity index (χ1v) is 4.16. The fourth-order valence-corrected chi connectivity index (χ4v) is 1.08. The molecule has 0 aliphatic heterocycles. The van der Waals surface area contributed by atoms with Crippen LogP contribution in [0.5, 0.6) is 0 Å². The Morgan fingerprint density at radius 1 is 1.67 bits per heavy atom. The van der Waals surface area contributed by atoms with Gasteiger partial charge >= 0.3 is 0 Å². The van der Waals surface area contributed by atoms with Crippen LogP contribution in [0.15, 0.2) is 22.8 Å². The summed E-state index contributed by atoms with van der Waals surface area (Å²) in [5.41, 5.74) is 0. The van der Waals surface area contributed by atoms with Crippen LogP contribution in [0.4, 0.5) is 0 Å². The minimum atomic E-state index is 0.159. The minimum absolute atomic E-state index is 0.159. The third kappa shape index (κ3) is 1.67. The largest absolute Gasteiger partial charge is 0.467 e. The van der Waals surface area contributed by atoms with Crippen LogP contribution in [-0.2, 0) is 11.3 Å². The molecule has 0 atom stereocenters. The second-order valence-electron chi connectivity index (χ2n) is 3.07. The molecular formula is C9H11NO2. The summed E-state index contributed by atoms with van der Waals surface area (Å²) in [5, 5.41) is 2.81. The normalized spacial score (nSPS) is 16.0. The molecule has 1 heterocycles. The summed E-state index contributed by atoms with van der Waals surface area (Å²) < 4.78 is 5.07. The molecule has 1 aromatic rings. The summed E-state index contributed by atoms with van der Waals surface area (Å²) in [6.07, 6.45) is 3.70. The van der Waals surface area contributed by atoms with Crippen molar-refractivity contribution in [1.29, 1.82) is 0 Å². The van der Waals surface area contributed by atoms with Crippen LogP contribution in [0.3, 0.4) is 0 Å². The zero-order valence-electron chi connectivity index (χ0n) is 6.75. The van der Waals surface area contributed by atoms with Gasteiger partial charge in [0.2, 0.25) is 5.91 Å². The molecule has 0 unspecified atom stereocenters. The number of nitrogens with one attached hydrogen (secondary N) is 1. The summed E-state index contributed by atoms with van der Waals surface area (Å²) in [7, 11) is 0. The van der Waals surface area contributed by atoms with E-state index in [-0.39, 0.29) is 11.8 Å². The molecule has 1 fully saturated rings. The highest BCUT2D eigenvalue weighted by Crippen LogP contribution is 2.28. The van der Waals surface area contributed by atoms with Gasteiger partial charge in [-0.3, -0.25) is 4.79 Å². The third-order valence-corrected chi connectivity index (χ3v) is 1.97. The average Bonchev–Trinajstić information content (AvgIpc) is 2.80. The summed E-state index contributed by atoms with van der Waals surface area (Å²) in [6, 6.07) is 3.67. The van der Waals surface area contributed by atoms with E-state index in [1.165, 1.54) is 0 Å². The Labute approximate surface area is 70.8 Å². The average molecular weight is 165 g/mol. The minimum Gasteiger partial charge on any atom is -0.467 e. The second-order valence-corrected chi connectivity index (χ2v) is 3.07. The lowest BCUT2D eigenvalue weighted by Crippen LogP contribution is -2.23. The summed E-state index contributed by atoms with van der Waals surface area (Å²) in [4.78, 5) is 11.1. The topological polar surface area (TPSA) is 42.2 Å². The maximum Gasteiger partial charge on any atom is 0.223 e. The molecule has 3 heteroatoms. The molecule has 1 aliphatic carbocycles. The van der Waals surface area contributed by atoms with Crippen LogP contribution >= 0.6 is 0 Å². The standard InChI is InChI=1S/C9H11NO2/c11-9(7-3-4-7)10-6-8-2-1-5-12-8/h1-2,5,7H,3-4,6H2,(H,10,11). The molecule has 0 spiro atoms. The zero-order valence-corrected chi connectivity index (χ0v) is 6.75. The van der Waals surface area contributed by atoms with Gasteiger partial charge in [-0.15, -0.1) is 0 Å². The molecule has 1 saturated carbocycles. The predicted molar refractivity (Wildman–Crippen MR) is 43.3 cm³/mol. The predicted octanol–water partition coefficient (Wildman–Crippen LogP) is 1.31. The molecule has 0 aromatic carbocycles. The highest BCUT2D eigenvalue weighted by molar-refractivity contribution is 5.80. The molecule has 1 aromatic heterocycles. The molecule has 1 aliphatic rings. The van der Waals surface area contributed by atoms with E-state index in [1.807, 2.05) is 12.1 Å². The number of carbonyl (C=O) groups excluding carboxylic acids is 1. The molecule has 1 amide bonds. The lowest BCUT2D eigenvalue weighted by atomic mass is 10.4. The van der Waals surface area contributed by atoms with Gasteiger partial charge in [-0.05, 0) is 25.0 Å². The number of hydrogen-bond acceptors (Lipinski definition) is 2. The number of hydrogen-bond donors (Lipinski definition) is 1. The van der Waals surface area contributed by atoms with Crippen LogP contribution in [0.2, 0.25) is 0 Å². The summed E-state index contributed by atoms with van der Waals surface area (Å²) in [6.45, 7) is 0.516. The SMILES string of the molecule is O=C(NCc1ccco1)C1CC1. The van der Waals surface area contributed by atoms with Gasteiger partial charge in [-0.2, -0.15) is 0 Å². The second kappa shape index (κ2) is 3.01. The van der Waals surface area contributed by atoms with Crippen LogP contribution in [0.1, 0.15) is 18.6 Å². The summed E-state index contributed by atoms with van der Waals surface area (Å²) in [5.74, 6) is 1.25. The van der Waals surface area contributed by atoms with E-state index < -0.39 is 0 Å². The molecule has 64 valence electrons. The van der Waals surface area contributed by atoms with Crippen molar-refractivity contribution in [2.75, 3.05) is 0 Å². The van der Waals surface area contributed by atoms with E-state index in [2.05, 4.69) is 5.32 Å². The monoisotopic (exact) mass is 165 g/mol. The Hall–Kier alpha value is -1.25. The number of rotatable bonds is 3. The van der Waals surface area contributed by atoms with Gasteiger partial charge in [0.25, 0.3) is 0 Å². The number of furan rings is 1. The van der Waals surface area contributed by atoms with E-state index in [0.717, 1.165) is 18.6 Å². The van der Waals surface area contributed by atoms with Crippen LogP contribution in [0, 0.1) is 5.92 Å². The lowest BCUT2D eigenvalue weighted by Gasteiger charge is -1.99. The molecular weight excluding hydrogens is 154 g/mol. The van der Waals surface area contributed by atoms with Crippen molar-refractivity contribution in [2.45, 2.75) is 19.4 Å². The quantitative estimate of drug-likeness (QED) is 0.733. The van der Waals surface area contributed by atoms with Crippen molar-refractivity contribution in [3.63, 3.8) is 0 Å². The van der Waals surface area contributed by atoms with E-state index in [0.29, 0.717) is 6.54 Å². The molecule has 3 nitrogen and oxygen atoms in total. The first-order valence-electron chi connectivity index (χ1n) is 4.16. The Balaban J connectivity index is 1.78. The Morgan fingerprint density at radius 2 is 2.50 bits per heavy atom. The zero-order chi connectivity index (χ0) is 8.39. The number of amides is 1. The van der Waals surface area contributed by atoms with E-state index in [4.69, 9.17) is 4.42 Å². The van der Waals surface area contributed by atoms with Crippen molar-refractivity contribution >= 4 is 5.91 Å². The lowest BCUT2D eigenvalue weighted by molar-refractivity contribution is -0.122. The Kier molecular flexibility index (Phi) is 1.86. The van der Waals surface area contributed by atoms with Gasteiger partial charge in [-0.1, -0.05) is 0 Å². The number of carbonyl (C=O) groups is 1. The molecule has 1 N–H and O–H groups in total. The van der Waals surface area contributed by atoms with E-state index >= 15 is 0 Å². The molecule has 0 radical (unpaired) electrons. The van der Waals surface area contributed by atoms with Gasteiger partial charge < -0.3 is 9.73 Å². The highest BCUT2D eigenvalue weighted by Gasteiger charge is 2.29. The molecule has 2 rings (SSSR count). The van der Waals surface area contributed by atoms with E-state index in [9.17, 15) is 4.79 Å². The molecule has 0 saturated heterocycles. The third-order valence-electron chi connectivity index (χ3n) is 1.97. The fraction of sp³-hybridized carbons (Fsp3) is 0.444. The highest BCUT2D eigenvalue weighted by atomic mass is 16.3. The summed E-state index contributed by atoms with van der Waals surface area (Å²) >= 11 is 0. The first kappa shape index (κ1) is 7.40. The van der Waals surface area contributed by atoms with Crippen LogP contribution in [-0.4, -0.2) is 5.91 Å². The smallest absolute Gasteiger partial charge is 0.223 e. The van der Waals surface area contributed by atoms with E-state index in [1.54, 1.807) is 6.26 Å². The molecule has 0 bridgehead atoms. The first-order chi connectivity index (χ1) is 5.86. The van der Waals surface area contributed by atoms with Gasteiger partial charge in [0.15, 0.2) is 0 Å². The van der Waals surface area contributed by atoms with Crippen molar-refractivity contribution < 1.29 is 9.21 Å². The van der Waals surface area contributed by atoms with Crippen LogP contribution < -0.4 is 5.32 Å². The fourth-order valence-electron chi connectivity index (χ4n) is 1.08. The van der Waals surface area contributed by atoms with Crippen molar-refractivity contribution in [3.8, 4) is 0 Å². The Morgan fingerprint density at radius 3 is 3.08 bits per heavy atom. The van der Waals surface area contributed by atoms with Gasteiger partial charge in [0.05, 0.1) is 12.8 Å². The van der Waals surface area contributed by atoms with Gasteiger partial charge in [0.1, 0.15) is 5.76 Å². The van der Waals surface area contributed by atoms with Gasteiger partial charge in [-0.25, -0.2) is 0 Å². The van der Waals surface area contributed by atoms with Gasteiger partial charge in [0, 0.05) is 5.92 Å². The maximum absolute atomic E-state index is 11.1. The van der Waals surface area contributed by atoms with Crippen LogP contribution in [0.25, 0.3) is 0 Å². The van der Waals surface area contributed by atoms with Crippen molar-refractivity contribution in [1.82, 2.24) is 5.32 Å².